The van der Waals surface area contributed by atoms with E-state index in [-0.39, 0.29) is 17.2 Å². The standard InChI is InChI=1S/C12H15NO3/c1-7(2)13-10-5-3-4-8(10)6-9(11(13)14)12(15)16/h6-7H,3-5H2,1-2H3,(H,15,16). The molecule has 0 unspecified atom stereocenters. The summed E-state index contributed by atoms with van der Waals surface area (Å²) in [4.78, 5) is 23.0. The maximum atomic E-state index is 12.0. The van der Waals surface area contributed by atoms with Crippen molar-refractivity contribution < 1.29 is 9.90 Å². The van der Waals surface area contributed by atoms with E-state index in [2.05, 4.69) is 0 Å². The fourth-order valence-corrected chi connectivity index (χ4v) is 2.37. The van der Waals surface area contributed by atoms with Crippen molar-refractivity contribution in [2.45, 2.75) is 39.2 Å². The first kappa shape index (κ1) is 10.9. The van der Waals surface area contributed by atoms with Crippen LogP contribution in [-0.2, 0) is 12.8 Å². The summed E-state index contributed by atoms with van der Waals surface area (Å²) in [6, 6.07) is 1.56. The molecule has 1 aromatic rings. The van der Waals surface area contributed by atoms with E-state index in [1.54, 1.807) is 10.6 Å². The molecule has 0 radical (unpaired) electrons. The van der Waals surface area contributed by atoms with E-state index in [1.807, 2.05) is 13.8 Å². The van der Waals surface area contributed by atoms with E-state index in [0.29, 0.717) is 0 Å². The fraction of sp³-hybridized carbons (Fsp3) is 0.500. The van der Waals surface area contributed by atoms with Gasteiger partial charge in [-0.15, -0.1) is 0 Å². The van der Waals surface area contributed by atoms with Gasteiger partial charge in [0, 0.05) is 11.7 Å². The summed E-state index contributed by atoms with van der Waals surface area (Å²) in [6.45, 7) is 3.82. The molecule has 0 amide bonds. The van der Waals surface area contributed by atoms with Crippen LogP contribution in [0, 0.1) is 0 Å². The molecule has 16 heavy (non-hydrogen) atoms. The molecule has 0 aromatic carbocycles. The number of nitrogens with zero attached hydrogens (tertiary/aromatic N) is 1. The van der Waals surface area contributed by atoms with E-state index in [0.717, 1.165) is 30.5 Å². The van der Waals surface area contributed by atoms with Crippen molar-refractivity contribution in [3.63, 3.8) is 0 Å². The second-order valence-electron chi connectivity index (χ2n) is 4.46. The van der Waals surface area contributed by atoms with E-state index in [4.69, 9.17) is 5.11 Å². The second-order valence-corrected chi connectivity index (χ2v) is 4.46. The van der Waals surface area contributed by atoms with Gasteiger partial charge in [0.2, 0.25) is 0 Å². The molecular weight excluding hydrogens is 206 g/mol. The third-order valence-electron chi connectivity index (χ3n) is 3.04. The number of fused-ring (bicyclic) bond motifs is 1. The van der Waals surface area contributed by atoms with Crippen molar-refractivity contribution in [2.24, 2.45) is 0 Å². The summed E-state index contributed by atoms with van der Waals surface area (Å²) in [5.41, 5.74) is 1.56. The van der Waals surface area contributed by atoms with E-state index in [9.17, 15) is 9.59 Å². The fourth-order valence-electron chi connectivity index (χ4n) is 2.37. The highest BCUT2D eigenvalue weighted by molar-refractivity contribution is 5.87. The van der Waals surface area contributed by atoms with Crippen LogP contribution >= 0.6 is 0 Å². The highest BCUT2D eigenvalue weighted by Gasteiger charge is 2.22. The van der Waals surface area contributed by atoms with Crippen LogP contribution in [-0.4, -0.2) is 15.6 Å². The molecule has 0 aliphatic heterocycles. The largest absolute Gasteiger partial charge is 0.477 e. The topological polar surface area (TPSA) is 59.3 Å². The number of rotatable bonds is 2. The Morgan fingerprint density at radius 3 is 2.69 bits per heavy atom. The molecule has 1 aromatic heterocycles. The maximum Gasteiger partial charge on any atom is 0.341 e. The van der Waals surface area contributed by atoms with Crippen molar-refractivity contribution in [3.05, 3.63) is 33.2 Å². The maximum absolute atomic E-state index is 12.0. The first-order valence-electron chi connectivity index (χ1n) is 5.53. The monoisotopic (exact) mass is 221 g/mol. The van der Waals surface area contributed by atoms with Gasteiger partial charge in [-0.05, 0) is 44.7 Å². The van der Waals surface area contributed by atoms with Crippen LogP contribution in [0.25, 0.3) is 0 Å². The number of carboxylic acid groups (broad SMARTS) is 1. The van der Waals surface area contributed by atoms with E-state index < -0.39 is 5.97 Å². The molecule has 0 spiro atoms. The van der Waals surface area contributed by atoms with Gasteiger partial charge >= 0.3 is 5.97 Å². The van der Waals surface area contributed by atoms with Gasteiger partial charge in [0.25, 0.3) is 5.56 Å². The predicted molar refractivity (Wildman–Crippen MR) is 60.1 cm³/mol. The number of carboxylic acids is 1. The van der Waals surface area contributed by atoms with Gasteiger partial charge in [0.15, 0.2) is 0 Å². The lowest BCUT2D eigenvalue weighted by atomic mass is 10.1. The van der Waals surface area contributed by atoms with Crippen LogP contribution in [0.1, 0.15) is 47.9 Å². The van der Waals surface area contributed by atoms with Crippen LogP contribution in [0.5, 0.6) is 0 Å². The lowest BCUT2D eigenvalue weighted by Gasteiger charge is -2.16. The zero-order valence-electron chi connectivity index (χ0n) is 9.49. The Morgan fingerprint density at radius 2 is 2.12 bits per heavy atom. The SMILES string of the molecule is CC(C)n1c2c(cc(C(=O)O)c1=O)CCC2. The number of carbonyl (C=O) groups is 1. The molecule has 0 bridgehead atoms. The Morgan fingerprint density at radius 1 is 1.44 bits per heavy atom. The average Bonchev–Trinajstić information content (AvgIpc) is 2.62. The first-order valence-corrected chi connectivity index (χ1v) is 5.53. The molecule has 0 atom stereocenters. The molecule has 0 fully saturated rings. The zero-order valence-corrected chi connectivity index (χ0v) is 9.49. The Balaban J connectivity index is 2.75. The van der Waals surface area contributed by atoms with Gasteiger partial charge in [0.1, 0.15) is 5.56 Å². The molecule has 1 aliphatic carbocycles. The van der Waals surface area contributed by atoms with E-state index in [1.165, 1.54) is 0 Å². The Labute approximate surface area is 93.5 Å². The van der Waals surface area contributed by atoms with Crippen molar-refractivity contribution in [2.75, 3.05) is 0 Å². The molecule has 1 heterocycles. The minimum Gasteiger partial charge on any atom is -0.477 e. The summed E-state index contributed by atoms with van der Waals surface area (Å²) in [7, 11) is 0. The summed E-state index contributed by atoms with van der Waals surface area (Å²) in [5, 5.41) is 8.99. The molecule has 0 saturated heterocycles. The molecule has 1 aliphatic rings. The lowest BCUT2D eigenvalue weighted by molar-refractivity contribution is 0.0694. The van der Waals surface area contributed by atoms with Gasteiger partial charge in [-0.3, -0.25) is 4.79 Å². The first-order chi connectivity index (χ1) is 7.52. The van der Waals surface area contributed by atoms with Crippen LogP contribution < -0.4 is 5.56 Å². The Kier molecular flexibility index (Phi) is 2.58. The minimum absolute atomic E-state index is 0.0126. The second kappa shape index (κ2) is 3.77. The number of hydrogen-bond donors (Lipinski definition) is 1. The number of aromatic carboxylic acids is 1. The number of aryl methyl sites for hydroxylation is 1. The molecule has 4 nitrogen and oxygen atoms in total. The van der Waals surface area contributed by atoms with Gasteiger partial charge < -0.3 is 9.67 Å². The smallest absolute Gasteiger partial charge is 0.341 e. The van der Waals surface area contributed by atoms with Crippen molar-refractivity contribution in [3.8, 4) is 0 Å². The van der Waals surface area contributed by atoms with Crippen molar-refractivity contribution in [1.29, 1.82) is 0 Å². The van der Waals surface area contributed by atoms with Gasteiger partial charge in [-0.1, -0.05) is 0 Å². The summed E-state index contributed by atoms with van der Waals surface area (Å²) >= 11 is 0. The third-order valence-corrected chi connectivity index (χ3v) is 3.04. The molecule has 1 N–H and O–H groups in total. The van der Waals surface area contributed by atoms with Gasteiger partial charge in [0.05, 0.1) is 0 Å². The predicted octanol–water partition coefficient (Wildman–Crippen LogP) is 1.62. The van der Waals surface area contributed by atoms with Crippen LogP contribution in [0.15, 0.2) is 10.9 Å². The molecule has 4 heteroatoms. The van der Waals surface area contributed by atoms with Crippen LogP contribution in [0.2, 0.25) is 0 Å². The van der Waals surface area contributed by atoms with Crippen LogP contribution in [0.3, 0.4) is 0 Å². The summed E-state index contributed by atoms with van der Waals surface area (Å²) < 4.78 is 1.63. The number of pyridine rings is 1. The highest BCUT2D eigenvalue weighted by Crippen LogP contribution is 2.23. The van der Waals surface area contributed by atoms with Gasteiger partial charge in [-0.2, -0.15) is 0 Å². The number of hydrogen-bond acceptors (Lipinski definition) is 2. The van der Waals surface area contributed by atoms with Gasteiger partial charge in [-0.25, -0.2) is 4.79 Å². The average molecular weight is 221 g/mol. The minimum atomic E-state index is -1.13. The Hall–Kier alpha value is -1.58. The Bertz CT molecular complexity index is 500. The lowest BCUT2D eigenvalue weighted by Crippen LogP contribution is -2.30. The normalized spacial score (nSPS) is 14.2. The molecular formula is C12H15NO3. The molecule has 86 valence electrons. The molecule has 2 rings (SSSR count). The quantitative estimate of drug-likeness (QED) is 0.825. The zero-order chi connectivity index (χ0) is 11.9. The third kappa shape index (κ3) is 1.54. The van der Waals surface area contributed by atoms with Crippen LogP contribution in [0.4, 0.5) is 0 Å². The summed E-state index contributed by atoms with van der Waals surface area (Å²) in [6.07, 6.45) is 2.76. The molecule has 0 saturated carbocycles. The highest BCUT2D eigenvalue weighted by atomic mass is 16.4. The van der Waals surface area contributed by atoms with E-state index >= 15 is 0 Å². The van der Waals surface area contributed by atoms with Crippen molar-refractivity contribution in [1.82, 2.24) is 4.57 Å². The number of aromatic nitrogens is 1. The van der Waals surface area contributed by atoms with Crippen molar-refractivity contribution >= 4 is 5.97 Å². The summed E-state index contributed by atoms with van der Waals surface area (Å²) in [5.74, 6) is -1.13.